The van der Waals surface area contributed by atoms with Crippen molar-refractivity contribution < 1.29 is 19.1 Å². The number of hydrogen-bond donors (Lipinski definition) is 2. The minimum Gasteiger partial charge on any atom is -0.444 e. The van der Waals surface area contributed by atoms with Crippen LogP contribution < -0.4 is 10.6 Å². The van der Waals surface area contributed by atoms with Gasteiger partial charge in [-0.25, -0.2) is 4.79 Å². The number of alkyl carbamates (subject to hydrolysis) is 1. The van der Waals surface area contributed by atoms with Crippen molar-refractivity contribution >= 4 is 17.9 Å². The van der Waals surface area contributed by atoms with Crippen LogP contribution in [0.25, 0.3) is 0 Å². The maximum atomic E-state index is 13.9. The molecule has 2 unspecified atom stereocenters. The Balaban J connectivity index is 3.62. The van der Waals surface area contributed by atoms with E-state index in [1.807, 2.05) is 73.6 Å². The number of aryl methyl sites for hydroxylation is 2. The van der Waals surface area contributed by atoms with Gasteiger partial charge in [0.1, 0.15) is 17.7 Å². The van der Waals surface area contributed by atoms with E-state index in [1.54, 1.807) is 32.6 Å². The molecule has 0 aromatic heterocycles. The van der Waals surface area contributed by atoms with Crippen LogP contribution in [-0.2, 0) is 14.3 Å². The van der Waals surface area contributed by atoms with E-state index in [-0.39, 0.29) is 11.8 Å². The van der Waals surface area contributed by atoms with E-state index in [9.17, 15) is 14.4 Å². The highest BCUT2D eigenvalue weighted by molar-refractivity contribution is 5.93. The Hall–Kier alpha value is -2.57. The summed E-state index contributed by atoms with van der Waals surface area (Å²) >= 11 is 0. The number of carbonyl (C=O) groups excluding carboxylic acids is 3. The molecule has 34 heavy (non-hydrogen) atoms. The molecule has 7 heteroatoms. The second-order valence-corrected chi connectivity index (χ2v) is 11.7. The fourth-order valence-corrected chi connectivity index (χ4v) is 3.77. The van der Waals surface area contributed by atoms with Gasteiger partial charge in [-0.3, -0.25) is 9.59 Å². The maximum Gasteiger partial charge on any atom is 0.408 e. The zero-order valence-corrected chi connectivity index (χ0v) is 23.2. The van der Waals surface area contributed by atoms with Crippen LogP contribution >= 0.6 is 0 Å². The summed E-state index contributed by atoms with van der Waals surface area (Å²) in [6, 6.07) is 4.07. The normalized spacial score (nSPS) is 14.1. The molecular formula is C27H45N3O4. The maximum absolute atomic E-state index is 13.9. The highest BCUT2D eigenvalue weighted by Gasteiger charge is 2.43. The molecule has 0 heterocycles. The van der Waals surface area contributed by atoms with Crippen LogP contribution in [-0.4, -0.2) is 45.5 Å². The van der Waals surface area contributed by atoms with Gasteiger partial charge in [0.25, 0.3) is 0 Å². The van der Waals surface area contributed by atoms with E-state index in [4.69, 9.17) is 4.74 Å². The summed E-state index contributed by atoms with van der Waals surface area (Å²) in [5, 5.41) is 5.72. The van der Waals surface area contributed by atoms with Crippen molar-refractivity contribution in [1.29, 1.82) is 0 Å². The standard InChI is InChI=1S/C27H45N3O4/c1-13-27(11,12)30(23(32)19(4)28-24(33)34-26(8,9)10)21(22(31)29-25(5,6)7)20-17(2)15-14-16-18(20)3/h14-16,19,21H,13H2,1-12H3,(H,28,33)(H,29,31). The largest absolute Gasteiger partial charge is 0.444 e. The van der Waals surface area contributed by atoms with Crippen molar-refractivity contribution in [3.8, 4) is 0 Å². The summed E-state index contributed by atoms with van der Waals surface area (Å²) in [7, 11) is 0. The van der Waals surface area contributed by atoms with Crippen molar-refractivity contribution in [3.05, 3.63) is 34.9 Å². The fourth-order valence-electron chi connectivity index (χ4n) is 3.77. The number of benzene rings is 1. The molecule has 0 radical (unpaired) electrons. The lowest BCUT2D eigenvalue weighted by molar-refractivity contribution is -0.149. The highest BCUT2D eigenvalue weighted by atomic mass is 16.6. The van der Waals surface area contributed by atoms with Crippen LogP contribution in [0.1, 0.15) is 98.4 Å². The summed E-state index contributed by atoms with van der Waals surface area (Å²) in [6.45, 7) is 22.4. The number of carbonyl (C=O) groups is 3. The molecule has 0 saturated carbocycles. The summed E-state index contributed by atoms with van der Waals surface area (Å²) in [4.78, 5) is 41.8. The molecule has 192 valence electrons. The second-order valence-electron chi connectivity index (χ2n) is 11.7. The Morgan fingerprint density at radius 1 is 0.971 bits per heavy atom. The summed E-state index contributed by atoms with van der Waals surface area (Å²) in [5.74, 6) is -0.612. The van der Waals surface area contributed by atoms with E-state index < -0.39 is 34.9 Å². The lowest BCUT2D eigenvalue weighted by Gasteiger charge is -2.45. The van der Waals surface area contributed by atoms with E-state index in [0.717, 1.165) is 16.7 Å². The molecule has 0 aliphatic heterocycles. The van der Waals surface area contributed by atoms with Gasteiger partial charge >= 0.3 is 6.09 Å². The van der Waals surface area contributed by atoms with Crippen LogP contribution in [0.15, 0.2) is 18.2 Å². The van der Waals surface area contributed by atoms with Gasteiger partial charge in [-0.15, -0.1) is 0 Å². The lowest BCUT2D eigenvalue weighted by atomic mass is 9.88. The Labute approximate surface area is 206 Å². The molecule has 1 rings (SSSR count). The smallest absolute Gasteiger partial charge is 0.408 e. The van der Waals surface area contributed by atoms with Gasteiger partial charge in [0.2, 0.25) is 11.8 Å². The molecule has 0 saturated heterocycles. The van der Waals surface area contributed by atoms with Crippen molar-refractivity contribution in [2.75, 3.05) is 0 Å². The number of rotatable bonds is 7. The van der Waals surface area contributed by atoms with Crippen molar-refractivity contribution in [2.45, 2.75) is 118 Å². The Morgan fingerprint density at radius 2 is 1.47 bits per heavy atom. The molecule has 2 N–H and O–H groups in total. The van der Waals surface area contributed by atoms with Gasteiger partial charge in [-0.05, 0) is 99.3 Å². The molecule has 0 fully saturated rings. The monoisotopic (exact) mass is 475 g/mol. The molecule has 1 aromatic rings. The van der Waals surface area contributed by atoms with E-state index in [0.29, 0.717) is 6.42 Å². The van der Waals surface area contributed by atoms with Crippen LogP contribution in [0.5, 0.6) is 0 Å². The number of hydrogen-bond acceptors (Lipinski definition) is 4. The Bertz CT molecular complexity index is 874. The number of nitrogens with one attached hydrogen (secondary N) is 2. The molecule has 0 aliphatic rings. The Kier molecular flexibility index (Phi) is 9.35. The zero-order chi connectivity index (χ0) is 26.6. The third-order valence-corrected chi connectivity index (χ3v) is 5.68. The summed E-state index contributed by atoms with van der Waals surface area (Å²) in [6.07, 6.45) is -0.0624. The quantitative estimate of drug-likeness (QED) is 0.568. The summed E-state index contributed by atoms with van der Waals surface area (Å²) in [5.41, 5.74) is 0.789. The first-order valence-corrected chi connectivity index (χ1v) is 12.0. The fraction of sp³-hybridized carbons (Fsp3) is 0.667. The molecule has 7 nitrogen and oxygen atoms in total. The molecule has 0 bridgehead atoms. The molecule has 0 spiro atoms. The second kappa shape index (κ2) is 10.8. The van der Waals surface area contributed by atoms with Crippen LogP contribution in [0, 0.1) is 13.8 Å². The molecule has 2 atom stereocenters. The van der Waals surface area contributed by atoms with E-state index in [1.165, 1.54) is 0 Å². The zero-order valence-electron chi connectivity index (χ0n) is 23.2. The van der Waals surface area contributed by atoms with Gasteiger partial charge in [-0.2, -0.15) is 0 Å². The highest BCUT2D eigenvalue weighted by Crippen LogP contribution is 2.35. The third-order valence-electron chi connectivity index (χ3n) is 5.68. The average molecular weight is 476 g/mol. The van der Waals surface area contributed by atoms with Gasteiger partial charge in [0, 0.05) is 11.1 Å². The number of nitrogens with zero attached hydrogens (tertiary/aromatic N) is 1. The van der Waals surface area contributed by atoms with Crippen LogP contribution in [0.2, 0.25) is 0 Å². The third kappa shape index (κ3) is 8.03. The van der Waals surface area contributed by atoms with E-state index >= 15 is 0 Å². The molecule has 1 aromatic carbocycles. The van der Waals surface area contributed by atoms with Crippen molar-refractivity contribution in [3.63, 3.8) is 0 Å². The first-order chi connectivity index (χ1) is 15.3. The van der Waals surface area contributed by atoms with Crippen molar-refractivity contribution in [2.24, 2.45) is 0 Å². The minimum absolute atomic E-state index is 0.260. The number of ether oxygens (including phenoxy) is 1. The van der Waals surface area contributed by atoms with Gasteiger partial charge < -0.3 is 20.3 Å². The van der Waals surface area contributed by atoms with Gasteiger partial charge in [-0.1, -0.05) is 25.1 Å². The minimum atomic E-state index is -0.894. The average Bonchev–Trinajstić information content (AvgIpc) is 2.63. The number of amides is 3. The molecular weight excluding hydrogens is 430 g/mol. The Morgan fingerprint density at radius 3 is 1.88 bits per heavy atom. The van der Waals surface area contributed by atoms with E-state index in [2.05, 4.69) is 10.6 Å². The van der Waals surface area contributed by atoms with Crippen LogP contribution in [0.3, 0.4) is 0 Å². The van der Waals surface area contributed by atoms with Crippen LogP contribution in [0.4, 0.5) is 4.79 Å². The summed E-state index contributed by atoms with van der Waals surface area (Å²) < 4.78 is 5.35. The van der Waals surface area contributed by atoms with Crippen molar-refractivity contribution in [1.82, 2.24) is 15.5 Å². The predicted octanol–water partition coefficient (Wildman–Crippen LogP) is 5.19. The topological polar surface area (TPSA) is 87.7 Å². The predicted molar refractivity (Wildman–Crippen MR) is 137 cm³/mol. The first-order valence-electron chi connectivity index (χ1n) is 12.0. The van der Waals surface area contributed by atoms with Gasteiger partial charge in [0.05, 0.1) is 0 Å². The SMILES string of the molecule is CCC(C)(C)N(C(=O)C(C)NC(=O)OC(C)(C)C)C(C(=O)NC(C)(C)C)c1c(C)cccc1C. The molecule has 0 aliphatic carbocycles. The van der Waals surface area contributed by atoms with Gasteiger partial charge in [0.15, 0.2) is 0 Å². The lowest BCUT2D eigenvalue weighted by Crippen LogP contribution is -2.60. The first kappa shape index (κ1) is 29.5. The molecule has 3 amide bonds.